The minimum absolute atomic E-state index is 0.939. The second-order valence-electron chi connectivity index (χ2n) is 13.9. The molecule has 8 bridgehead atoms. The van der Waals surface area contributed by atoms with E-state index in [-0.39, 0.29) is 0 Å². The van der Waals surface area contributed by atoms with Gasteiger partial charge in [-0.15, -0.1) is 0 Å². The number of nitrogens with zero attached hydrogens (tertiary/aromatic N) is 2. The zero-order chi connectivity index (χ0) is 50.3. The first kappa shape index (κ1) is 48.1. The van der Waals surface area contributed by atoms with E-state index in [0.717, 1.165) is 44.8 Å². The summed E-state index contributed by atoms with van der Waals surface area (Å²) in [5.74, 6) is -71.1. The van der Waals surface area contributed by atoms with Crippen LogP contribution in [0.2, 0.25) is 0 Å². The van der Waals surface area contributed by atoms with Crippen LogP contribution in [-0.4, -0.2) is 19.9 Å². The summed E-state index contributed by atoms with van der Waals surface area (Å²) in [5, 5.41) is 0. The monoisotopic (exact) mass is 1040 g/mol. The van der Waals surface area contributed by atoms with Gasteiger partial charge < -0.3 is 9.97 Å². The Morgan fingerprint density at radius 1 is 0.246 bits per heavy atom. The van der Waals surface area contributed by atoms with Gasteiger partial charge in [-0.25, -0.2) is 9.97 Å². The van der Waals surface area contributed by atoms with E-state index in [9.17, 15) is 52.7 Å². The number of benzene rings is 4. The van der Waals surface area contributed by atoms with Crippen molar-refractivity contribution < 1.29 is 100 Å². The molecule has 4 nitrogen and oxygen atoms in total. The standard InChI is InChI=1S/C20H14N4.4C6F5.Co/c1-2-14-10-16-5-6-18(23-16)12-20-8-7-19(24-20)11-17-4-3-15(22-17)9-13(1)21-14;4*7-2-1-3(8)5(10)6(11)4(2)9;/h1-12,21,24H;;;;;. The fraction of sp³-hybridized carbons (Fsp3) is 0. The Balaban J connectivity index is 0.000000221. The molecular formula is C44H14CoF20N4. The Morgan fingerprint density at radius 3 is 0.580 bits per heavy atom. The van der Waals surface area contributed by atoms with Crippen molar-refractivity contribution in [1.29, 1.82) is 0 Å². The summed E-state index contributed by atoms with van der Waals surface area (Å²) in [6, 6.07) is 16.4. The quantitative estimate of drug-likeness (QED) is 0.105. The molecule has 0 saturated carbocycles. The van der Waals surface area contributed by atoms with Gasteiger partial charge in [0.2, 0.25) is 0 Å². The van der Waals surface area contributed by atoms with Gasteiger partial charge in [0.15, 0.2) is 0 Å². The van der Waals surface area contributed by atoms with Crippen molar-refractivity contribution in [1.82, 2.24) is 19.9 Å². The molecule has 9 rings (SSSR count). The number of aromatic amines is 2. The van der Waals surface area contributed by atoms with Gasteiger partial charge in [-0.1, -0.05) is 0 Å². The third-order valence-electron chi connectivity index (χ3n) is 9.59. The molecule has 2 N–H and O–H groups in total. The Kier molecular flexibility index (Phi) is 12.3. The summed E-state index contributed by atoms with van der Waals surface area (Å²) in [6.45, 7) is 0. The zero-order valence-electron chi connectivity index (χ0n) is 32.7. The molecule has 3 aromatic heterocycles. The number of rotatable bonds is 4. The van der Waals surface area contributed by atoms with Gasteiger partial charge in [0.05, 0.1) is 22.8 Å². The third kappa shape index (κ3) is 7.68. The SMILES string of the molecule is C1=Cc2cc3ccc(cc4nc(cc5ccc(cc1n2)[nH]5)C=C4)[nH]3.Fc1c(F)c(F)[c]([Co]([c]2c(F)c(F)c(F)c(F)c2F)([c]2c(F)c(F)c(F)c(F)c2F)[c]2c(F)c(F)c(F)c(F)c2F)c(F)c1F. The van der Waals surface area contributed by atoms with Crippen molar-refractivity contribution in [3.63, 3.8) is 0 Å². The van der Waals surface area contributed by atoms with Gasteiger partial charge >= 0.3 is 235 Å². The maximum absolute atomic E-state index is 15.4. The molecule has 359 valence electrons. The maximum atomic E-state index is 15.4. The third-order valence-corrected chi connectivity index (χ3v) is 14.5. The van der Waals surface area contributed by atoms with Crippen molar-refractivity contribution in [2.45, 2.75) is 0 Å². The molecule has 4 aromatic carbocycles. The van der Waals surface area contributed by atoms with Gasteiger partial charge in [0.1, 0.15) is 0 Å². The van der Waals surface area contributed by atoms with Crippen molar-refractivity contribution in [3.05, 3.63) is 188 Å². The number of hydrogen-bond donors (Lipinski definition) is 2. The van der Waals surface area contributed by atoms with E-state index in [1.807, 2.05) is 48.6 Å². The summed E-state index contributed by atoms with van der Waals surface area (Å²) in [7, 11) is 0. The first-order valence-corrected chi connectivity index (χ1v) is 20.4. The average Bonchev–Trinajstić information content (AvgIpc) is 4.16. The van der Waals surface area contributed by atoms with Crippen molar-refractivity contribution in [3.8, 4) is 0 Å². The van der Waals surface area contributed by atoms with E-state index in [0.29, 0.717) is 0 Å². The first-order valence-electron chi connectivity index (χ1n) is 18.3. The van der Waals surface area contributed by atoms with E-state index in [1.165, 1.54) is 0 Å². The van der Waals surface area contributed by atoms with Gasteiger partial charge in [0.25, 0.3) is 0 Å². The molecule has 0 atom stereocenters. The molecule has 5 heterocycles. The molecule has 0 spiro atoms. The van der Waals surface area contributed by atoms with Crippen LogP contribution in [0.5, 0.6) is 0 Å². The van der Waals surface area contributed by atoms with E-state index in [4.69, 9.17) is 0 Å². The van der Waals surface area contributed by atoms with E-state index >= 15 is 35.1 Å². The van der Waals surface area contributed by atoms with Crippen molar-refractivity contribution >= 4 is 64.4 Å². The first-order chi connectivity index (χ1) is 32.5. The van der Waals surface area contributed by atoms with Gasteiger partial charge in [-0.2, -0.15) is 0 Å². The van der Waals surface area contributed by atoms with Crippen LogP contribution in [0.15, 0.2) is 48.5 Å². The van der Waals surface area contributed by atoms with Crippen LogP contribution >= 0.6 is 0 Å². The van der Waals surface area contributed by atoms with Crippen LogP contribution in [0.25, 0.3) is 46.4 Å². The topological polar surface area (TPSA) is 57.4 Å². The Labute approximate surface area is 371 Å². The second-order valence-corrected chi connectivity index (χ2v) is 17.5. The fourth-order valence-corrected chi connectivity index (χ4v) is 11.8. The zero-order valence-corrected chi connectivity index (χ0v) is 33.8. The second kappa shape index (κ2) is 17.6. The number of hydrogen-bond acceptors (Lipinski definition) is 2. The van der Waals surface area contributed by atoms with Gasteiger partial charge in [-0.05, 0) is 72.8 Å². The van der Waals surface area contributed by atoms with Crippen LogP contribution in [0.3, 0.4) is 0 Å². The molecule has 0 unspecified atom stereocenters. The fourth-order valence-electron chi connectivity index (χ4n) is 6.59. The molecule has 25 heteroatoms. The van der Waals surface area contributed by atoms with Crippen LogP contribution in [-0.2, 0) is 12.6 Å². The molecule has 0 radical (unpaired) electrons. The molecule has 7 aromatic rings. The summed E-state index contributed by atoms with van der Waals surface area (Å²) in [5.41, 5.74) is 7.86. The van der Waals surface area contributed by atoms with E-state index < -0.39 is 147 Å². The number of fused-ring (bicyclic) bond motifs is 8. The van der Waals surface area contributed by atoms with Crippen LogP contribution < -0.4 is 18.0 Å². The van der Waals surface area contributed by atoms with Crippen LogP contribution in [0.4, 0.5) is 87.8 Å². The molecule has 69 heavy (non-hydrogen) atoms. The number of aromatic nitrogens is 4. The van der Waals surface area contributed by atoms with Crippen LogP contribution in [0, 0.1) is 116 Å². The van der Waals surface area contributed by atoms with Gasteiger partial charge in [-0.3, -0.25) is 0 Å². The predicted octanol–water partition coefficient (Wildman–Crippen LogP) is 10.9. The Morgan fingerprint density at radius 2 is 0.406 bits per heavy atom. The van der Waals surface area contributed by atoms with Crippen LogP contribution in [0.1, 0.15) is 22.8 Å². The number of halogens is 20. The predicted molar refractivity (Wildman–Crippen MR) is 202 cm³/mol. The van der Waals surface area contributed by atoms with Gasteiger partial charge in [0, 0.05) is 22.1 Å². The molecular weight excluding hydrogens is 1020 g/mol. The van der Waals surface area contributed by atoms with Crippen molar-refractivity contribution in [2.24, 2.45) is 0 Å². The molecule has 0 aliphatic carbocycles. The summed E-state index contributed by atoms with van der Waals surface area (Å²) < 4.78 is 280. The summed E-state index contributed by atoms with van der Waals surface area (Å²) >= 11 is -8.06. The van der Waals surface area contributed by atoms with Crippen molar-refractivity contribution in [2.75, 3.05) is 0 Å². The van der Waals surface area contributed by atoms with E-state index in [1.54, 1.807) is 0 Å². The number of H-pyrrole nitrogens is 2. The minimum atomic E-state index is -8.06. The molecule has 2 aliphatic rings. The molecule has 0 fully saturated rings. The summed E-state index contributed by atoms with van der Waals surface area (Å²) in [6.07, 6.45) is 8.09. The normalized spacial score (nSPS) is 12.5. The average molecular weight is 1040 g/mol. The Bertz CT molecular complexity index is 3030. The number of nitrogens with one attached hydrogen (secondary N) is 2. The summed E-state index contributed by atoms with van der Waals surface area (Å²) in [4.78, 5) is 16.0. The molecule has 0 amide bonds. The Hall–Kier alpha value is -7.41. The molecule has 0 saturated heterocycles. The van der Waals surface area contributed by atoms with E-state index in [2.05, 4.69) is 44.2 Å². The molecule has 2 aliphatic heterocycles.